The number of hydrogen-bond donors (Lipinski definition) is 2. The summed E-state index contributed by atoms with van der Waals surface area (Å²) in [5.41, 5.74) is 7.53. The van der Waals surface area contributed by atoms with Crippen molar-refractivity contribution in [2.24, 2.45) is 5.73 Å². The summed E-state index contributed by atoms with van der Waals surface area (Å²) in [6.07, 6.45) is 3.92. The van der Waals surface area contributed by atoms with Gasteiger partial charge >= 0.3 is 0 Å². The Balaban J connectivity index is 2.18. The van der Waals surface area contributed by atoms with Crippen molar-refractivity contribution >= 4 is 16.9 Å². The molecule has 17 heavy (non-hydrogen) atoms. The molecule has 1 atom stereocenters. The van der Waals surface area contributed by atoms with Crippen LogP contribution in [0.1, 0.15) is 19.8 Å². The zero-order chi connectivity index (χ0) is 12.1. The van der Waals surface area contributed by atoms with Crippen LogP contribution in [0.4, 0.5) is 5.82 Å². The average Bonchev–Trinajstić information content (AvgIpc) is 2.38. The molecule has 0 saturated carbocycles. The van der Waals surface area contributed by atoms with Crippen LogP contribution >= 0.6 is 0 Å². The lowest BCUT2D eigenvalue weighted by Gasteiger charge is -2.16. The van der Waals surface area contributed by atoms with Crippen molar-refractivity contribution in [3.05, 3.63) is 30.5 Å². The fraction of sp³-hybridized carbons (Fsp3) is 0.385. The number of nitrogens with zero attached hydrogens (tertiary/aromatic N) is 2. The fourth-order valence-electron chi connectivity index (χ4n) is 1.83. The first-order chi connectivity index (χ1) is 8.33. The van der Waals surface area contributed by atoms with Gasteiger partial charge in [0.25, 0.3) is 0 Å². The summed E-state index contributed by atoms with van der Waals surface area (Å²) in [4.78, 5) is 8.88. The predicted octanol–water partition coefficient (Wildman–Crippen LogP) is 2.17. The van der Waals surface area contributed by atoms with E-state index in [4.69, 9.17) is 5.73 Å². The maximum Gasteiger partial charge on any atom is 0.145 e. The third kappa shape index (κ3) is 2.91. The average molecular weight is 230 g/mol. The molecule has 3 N–H and O–H groups in total. The van der Waals surface area contributed by atoms with E-state index in [1.54, 1.807) is 6.20 Å². The van der Waals surface area contributed by atoms with Gasteiger partial charge in [-0.15, -0.1) is 0 Å². The molecule has 1 aromatic carbocycles. The predicted molar refractivity (Wildman–Crippen MR) is 70.9 cm³/mol. The highest BCUT2D eigenvalue weighted by atomic mass is 15.0. The number of nitrogens with one attached hydrogen (secondary N) is 1. The Morgan fingerprint density at radius 1 is 1.29 bits per heavy atom. The molecule has 90 valence electrons. The highest BCUT2D eigenvalue weighted by Crippen LogP contribution is 2.12. The maximum absolute atomic E-state index is 5.71. The summed E-state index contributed by atoms with van der Waals surface area (Å²) in [7, 11) is 0. The van der Waals surface area contributed by atoms with Crippen molar-refractivity contribution in [1.82, 2.24) is 9.97 Å². The third-order valence-corrected chi connectivity index (χ3v) is 2.72. The minimum Gasteiger partial charge on any atom is -0.365 e. The third-order valence-electron chi connectivity index (χ3n) is 2.72. The van der Waals surface area contributed by atoms with Gasteiger partial charge in [0, 0.05) is 12.6 Å². The van der Waals surface area contributed by atoms with Crippen LogP contribution in [0.5, 0.6) is 0 Å². The Hall–Kier alpha value is -1.68. The molecule has 0 aliphatic rings. The summed E-state index contributed by atoms with van der Waals surface area (Å²) < 4.78 is 0. The lowest BCUT2D eigenvalue weighted by Crippen LogP contribution is -2.29. The molecule has 4 heteroatoms. The van der Waals surface area contributed by atoms with Gasteiger partial charge in [-0.05, 0) is 18.6 Å². The summed E-state index contributed by atoms with van der Waals surface area (Å²) >= 11 is 0. The SMILES string of the molecule is CCCC(CN)Nc1cnc2ccccc2n1. The van der Waals surface area contributed by atoms with E-state index in [0.717, 1.165) is 29.7 Å². The van der Waals surface area contributed by atoms with Crippen molar-refractivity contribution in [2.75, 3.05) is 11.9 Å². The smallest absolute Gasteiger partial charge is 0.145 e. The number of nitrogens with two attached hydrogens (primary N) is 1. The molecule has 1 aromatic heterocycles. The Morgan fingerprint density at radius 3 is 2.76 bits per heavy atom. The molecule has 0 radical (unpaired) electrons. The van der Waals surface area contributed by atoms with Gasteiger partial charge in [0.05, 0.1) is 17.2 Å². The van der Waals surface area contributed by atoms with Crippen LogP contribution in [0, 0.1) is 0 Å². The number of rotatable bonds is 5. The first kappa shape index (κ1) is 11.8. The standard InChI is InChI=1S/C13H18N4/c1-2-5-10(8-14)16-13-9-15-11-6-3-4-7-12(11)17-13/h3-4,6-7,9-10H,2,5,8,14H2,1H3,(H,16,17). The highest BCUT2D eigenvalue weighted by Gasteiger charge is 2.06. The molecule has 2 aromatic rings. The number of fused-ring (bicyclic) bond motifs is 1. The van der Waals surface area contributed by atoms with Gasteiger partial charge in [-0.1, -0.05) is 25.5 Å². The Labute approximate surface area is 101 Å². The quantitative estimate of drug-likeness (QED) is 0.826. The van der Waals surface area contributed by atoms with Gasteiger partial charge in [-0.25, -0.2) is 4.98 Å². The maximum atomic E-state index is 5.71. The molecule has 1 unspecified atom stereocenters. The fourth-order valence-corrected chi connectivity index (χ4v) is 1.83. The Bertz CT molecular complexity index is 484. The molecule has 0 aliphatic heterocycles. The number of anilines is 1. The summed E-state index contributed by atoms with van der Waals surface area (Å²) in [6.45, 7) is 2.76. The molecule has 4 nitrogen and oxygen atoms in total. The van der Waals surface area contributed by atoms with Crippen LogP contribution in [0.25, 0.3) is 11.0 Å². The molecule has 0 fully saturated rings. The van der Waals surface area contributed by atoms with E-state index in [1.165, 1.54) is 0 Å². The molecule has 0 amide bonds. The lowest BCUT2D eigenvalue weighted by molar-refractivity contribution is 0.646. The van der Waals surface area contributed by atoms with Crippen molar-refractivity contribution in [3.63, 3.8) is 0 Å². The van der Waals surface area contributed by atoms with Crippen LogP contribution in [-0.4, -0.2) is 22.6 Å². The summed E-state index contributed by atoms with van der Waals surface area (Å²) in [5, 5.41) is 3.32. The van der Waals surface area contributed by atoms with Crippen LogP contribution in [0.15, 0.2) is 30.5 Å². The van der Waals surface area contributed by atoms with E-state index in [0.29, 0.717) is 6.54 Å². The van der Waals surface area contributed by atoms with Crippen molar-refractivity contribution in [2.45, 2.75) is 25.8 Å². The number of para-hydroxylation sites is 2. The molecule has 2 rings (SSSR count). The zero-order valence-corrected chi connectivity index (χ0v) is 10.1. The molecular formula is C13H18N4. The van der Waals surface area contributed by atoms with Crippen LogP contribution in [0.3, 0.4) is 0 Å². The number of hydrogen-bond acceptors (Lipinski definition) is 4. The molecule has 0 saturated heterocycles. The monoisotopic (exact) mass is 230 g/mol. The van der Waals surface area contributed by atoms with E-state index in [9.17, 15) is 0 Å². The van der Waals surface area contributed by atoms with Gasteiger partial charge in [0.1, 0.15) is 5.82 Å². The normalized spacial score (nSPS) is 12.6. The molecule has 0 spiro atoms. The molecule has 1 heterocycles. The second kappa shape index (κ2) is 5.59. The molecule has 0 bridgehead atoms. The van der Waals surface area contributed by atoms with E-state index in [-0.39, 0.29) is 6.04 Å². The van der Waals surface area contributed by atoms with E-state index in [1.807, 2.05) is 24.3 Å². The van der Waals surface area contributed by atoms with Gasteiger partial charge in [0.2, 0.25) is 0 Å². The van der Waals surface area contributed by atoms with Crippen LogP contribution < -0.4 is 11.1 Å². The van der Waals surface area contributed by atoms with Crippen molar-refractivity contribution in [3.8, 4) is 0 Å². The van der Waals surface area contributed by atoms with Gasteiger partial charge in [-0.3, -0.25) is 4.98 Å². The van der Waals surface area contributed by atoms with Crippen LogP contribution in [-0.2, 0) is 0 Å². The Kier molecular flexibility index (Phi) is 3.88. The van der Waals surface area contributed by atoms with Gasteiger partial charge in [-0.2, -0.15) is 0 Å². The van der Waals surface area contributed by atoms with Gasteiger partial charge < -0.3 is 11.1 Å². The lowest BCUT2D eigenvalue weighted by atomic mass is 10.2. The minimum absolute atomic E-state index is 0.274. The first-order valence-corrected chi connectivity index (χ1v) is 6.02. The Morgan fingerprint density at radius 2 is 2.06 bits per heavy atom. The van der Waals surface area contributed by atoms with Crippen LogP contribution in [0.2, 0.25) is 0 Å². The summed E-state index contributed by atoms with van der Waals surface area (Å²) in [6, 6.07) is 8.12. The van der Waals surface area contributed by atoms with Gasteiger partial charge in [0.15, 0.2) is 0 Å². The second-order valence-corrected chi connectivity index (χ2v) is 4.11. The topological polar surface area (TPSA) is 63.8 Å². The molecular weight excluding hydrogens is 212 g/mol. The minimum atomic E-state index is 0.274. The largest absolute Gasteiger partial charge is 0.365 e. The number of aromatic nitrogens is 2. The first-order valence-electron chi connectivity index (χ1n) is 6.02. The highest BCUT2D eigenvalue weighted by molar-refractivity contribution is 5.75. The van der Waals surface area contributed by atoms with Crippen molar-refractivity contribution < 1.29 is 0 Å². The number of benzene rings is 1. The molecule has 0 aliphatic carbocycles. The van der Waals surface area contributed by atoms with E-state index >= 15 is 0 Å². The van der Waals surface area contributed by atoms with E-state index < -0.39 is 0 Å². The summed E-state index contributed by atoms with van der Waals surface area (Å²) in [5.74, 6) is 0.799. The van der Waals surface area contributed by atoms with Crippen molar-refractivity contribution in [1.29, 1.82) is 0 Å². The van der Waals surface area contributed by atoms with E-state index in [2.05, 4.69) is 22.2 Å². The second-order valence-electron chi connectivity index (χ2n) is 4.11. The zero-order valence-electron chi connectivity index (χ0n) is 10.1.